The number of likely N-dealkylation sites (N-methyl/N-ethyl adjacent to an activating group) is 1. The first-order chi connectivity index (χ1) is 9.90. The molecular formula is C16H23NO4. The van der Waals surface area contributed by atoms with Crippen LogP contribution >= 0.6 is 0 Å². The zero-order valence-corrected chi connectivity index (χ0v) is 12.8. The second-order valence-corrected chi connectivity index (χ2v) is 5.32. The molecule has 0 radical (unpaired) electrons. The van der Waals surface area contributed by atoms with Gasteiger partial charge in [-0.05, 0) is 30.0 Å². The van der Waals surface area contributed by atoms with Crippen LogP contribution in [0.5, 0.6) is 5.75 Å². The molecule has 1 amide bonds. The number of hydrogen-bond donors (Lipinski definition) is 1. The summed E-state index contributed by atoms with van der Waals surface area (Å²) < 4.78 is 5.44. The third-order valence-corrected chi connectivity index (χ3v) is 3.22. The zero-order valence-electron chi connectivity index (χ0n) is 12.8. The molecule has 0 saturated heterocycles. The largest absolute Gasteiger partial charge is 0.484 e. The third kappa shape index (κ3) is 6.29. The minimum absolute atomic E-state index is 0.0371. The van der Waals surface area contributed by atoms with Crippen LogP contribution < -0.4 is 4.74 Å². The first-order valence-corrected chi connectivity index (χ1v) is 7.08. The van der Waals surface area contributed by atoms with Crippen molar-refractivity contribution in [1.82, 2.24) is 4.90 Å². The van der Waals surface area contributed by atoms with Crippen molar-refractivity contribution in [1.29, 1.82) is 0 Å². The molecule has 116 valence electrons. The van der Waals surface area contributed by atoms with E-state index >= 15 is 0 Å². The van der Waals surface area contributed by atoms with Gasteiger partial charge in [-0.3, -0.25) is 9.59 Å². The minimum Gasteiger partial charge on any atom is -0.484 e. The quantitative estimate of drug-likeness (QED) is 0.799. The molecular weight excluding hydrogens is 270 g/mol. The van der Waals surface area contributed by atoms with Gasteiger partial charge in [-0.2, -0.15) is 0 Å². The molecule has 5 heteroatoms. The molecule has 0 atom stereocenters. The summed E-state index contributed by atoms with van der Waals surface area (Å²) in [4.78, 5) is 23.7. The Labute approximate surface area is 125 Å². The summed E-state index contributed by atoms with van der Waals surface area (Å²) in [5.74, 6) is 0.110. The average Bonchev–Trinajstić information content (AvgIpc) is 2.44. The number of hydrogen-bond acceptors (Lipinski definition) is 3. The number of benzene rings is 1. The van der Waals surface area contributed by atoms with E-state index in [1.807, 2.05) is 24.3 Å². The number of nitrogens with zero attached hydrogens (tertiary/aromatic N) is 1. The van der Waals surface area contributed by atoms with Crippen LogP contribution in [0.15, 0.2) is 24.3 Å². The fraction of sp³-hybridized carbons (Fsp3) is 0.500. The van der Waals surface area contributed by atoms with Crippen LogP contribution in [0.25, 0.3) is 0 Å². The number of carbonyl (C=O) groups excluding carboxylic acids is 1. The summed E-state index contributed by atoms with van der Waals surface area (Å²) >= 11 is 0. The summed E-state index contributed by atoms with van der Waals surface area (Å²) in [6, 6.07) is 7.68. The summed E-state index contributed by atoms with van der Waals surface area (Å²) in [5, 5.41) is 8.55. The number of aliphatic carboxylic acids is 1. The Bertz CT molecular complexity index is 468. The molecule has 0 bridgehead atoms. The van der Waals surface area contributed by atoms with Crippen molar-refractivity contribution < 1.29 is 19.4 Å². The van der Waals surface area contributed by atoms with E-state index < -0.39 is 5.97 Å². The van der Waals surface area contributed by atoms with Crippen LogP contribution in [0.4, 0.5) is 0 Å². The molecule has 0 aromatic heterocycles. The maximum Gasteiger partial charge on any atom is 0.303 e. The van der Waals surface area contributed by atoms with E-state index in [1.165, 1.54) is 10.5 Å². The highest BCUT2D eigenvalue weighted by Gasteiger charge is 2.10. The van der Waals surface area contributed by atoms with E-state index in [4.69, 9.17) is 9.84 Å². The topological polar surface area (TPSA) is 66.8 Å². The lowest BCUT2D eigenvalue weighted by Gasteiger charge is -2.17. The summed E-state index contributed by atoms with van der Waals surface area (Å²) in [5.41, 5.74) is 1.22. The van der Waals surface area contributed by atoms with Crippen molar-refractivity contribution >= 4 is 11.9 Å². The Hall–Kier alpha value is -2.04. The Balaban J connectivity index is 2.36. The first kappa shape index (κ1) is 17.0. The van der Waals surface area contributed by atoms with Crippen LogP contribution in [0.3, 0.4) is 0 Å². The van der Waals surface area contributed by atoms with Crippen molar-refractivity contribution in [3.05, 3.63) is 29.8 Å². The molecule has 5 nitrogen and oxygen atoms in total. The molecule has 0 spiro atoms. The predicted octanol–water partition coefficient (Wildman–Crippen LogP) is 2.51. The van der Waals surface area contributed by atoms with Gasteiger partial charge in [-0.15, -0.1) is 0 Å². The van der Waals surface area contributed by atoms with E-state index in [0.29, 0.717) is 24.6 Å². The summed E-state index contributed by atoms with van der Waals surface area (Å²) in [7, 11) is 1.65. The van der Waals surface area contributed by atoms with E-state index in [0.717, 1.165) is 0 Å². The van der Waals surface area contributed by atoms with Gasteiger partial charge in [0.25, 0.3) is 5.91 Å². The molecule has 1 N–H and O–H groups in total. The summed E-state index contributed by atoms with van der Waals surface area (Å²) in [6.07, 6.45) is 0.510. The van der Waals surface area contributed by atoms with Crippen molar-refractivity contribution in [3.63, 3.8) is 0 Å². The van der Waals surface area contributed by atoms with Gasteiger partial charge in [-0.1, -0.05) is 26.0 Å². The Morgan fingerprint density at radius 1 is 1.24 bits per heavy atom. The van der Waals surface area contributed by atoms with Crippen LogP contribution in [0.2, 0.25) is 0 Å². The monoisotopic (exact) mass is 293 g/mol. The van der Waals surface area contributed by atoms with Crippen molar-refractivity contribution in [3.8, 4) is 5.75 Å². The first-order valence-electron chi connectivity index (χ1n) is 7.08. The van der Waals surface area contributed by atoms with Crippen LogP contribution in [-0.2, 0) is 9.59 Å². The molecule has 1 aromatic carbocycles. The van der Waals surface area contributed by atoms with Crippen LogP contribution in [-0.4, -0.2) is 42.1 Å². The zero-order chi connectivity index (χ0) is 15.8. The Kier molecular flexibility index (Phi) is 6.72. The van der Waals surface area contributed by atoms with Crippen molar-refractivity contribution in [2.45, 2.75) is 32.6 Å². The standard InChI is InChI=1S/C16H23NO4/c1-12(2)13-6-8-14(9-7-13)21-11-15(18)17(3)10-4-5-16(19)20/h6-9,12H,4-5,10-11H2,1-3H3,(H,19,20). The molecule has 1 rings (SSSR count). The maximum absolute atomic E-state index is 11.8. The molecule has 0 aliphatic carbocycles. The second kappa shape index (κ2) is 8.29. The molecule has 0 aliphatic heterocycles. The van der Waals surface area contributed by atoms with Crippen molar-refractivity contribution in [2.24, 2.45) is 0 Å². The van der Waals surface area contributed by atoms with Gasteiger partial charge in [-0.25, -0.2) is 0 Å². The van der Waals surface area contributed by atoms with Crippen LogP contribution in [0.1, 0.15) is 38.2 Å². The smallest absolute Gasteiger partial charge is 0.303 e. The number of rotatable bonds is 8. The molecule has 0 fully saturated rings. The van der Waals surface area contributed by atoms with Gasteiger partial charge < -0.3 is 14.7 Å². The Morgan fingerprint density at radius 2 is 1.86 bits per heavy atom. The van der Waals surface area contributed by atoms with Crippen LogP contribution in [0, 0.1) is 0 Å². The normalized spacial score (nSPS) is 10.5. The maximum atomic E-state index is 11.8. The SMILES string of the molecule is CC(C)c1ccc(OCC(=O)N(C)CCCC(=O)O)cc1. The van der Waals surface area contributed by atoms with E-state index in [-0.39, 0.29) is 18.9 Å². The van der Waals surface area contributed by atoms with Gasteiger partial charge in [0, 0.05) is 20.0 Å². The molecule has 0 saturated carbocycles. The fourth-order valence-electron chi connectivity index (χ4n) is 1.80. The number of carboxylic acids is 1. The minimum atomic E-state index is -0.850. The lowest BCUT2D eigenvalue weighted by atomic mass is 10.0. The molecule has 1 aromatic rings. The lowest BCUT2D eigenvalue weighted by molar-refractivity contribution is -0.138. The third-order valence-electron chi connectivity index (χ3n) is 3.22. The highest BCUT2D eigenvalue weighted by Crippen LogP contribution is 2.18. The average molecular weight is 293 g/mol. The number of ether oxygens (including phenoxy) is 1. The van der Waals surface area contributed by atoms with Gasteiger partial charge in [0.2, 0.25) is 0 Å². The number of amides is 1. The highest BCUT2D eigenvalue weighted by molar-refractivity contribution is 5.77. The second-order valence-electron chi connectivity index (χ2n) is 5.32. The Morgan fingerprint density at radius 3 is 2.38 bits per heavy atom. The molecule has 0 aliphatic rings. The highest BCUT2D eigenvalue weighted by atomic mass is 16.5. The predicted molar refractivity (Wildman–Crippen MR) is 80.5 cm³/mol. The van der Waals surface area contributed by atoms with Gasteiger partial charge in [0.1, 0.15) is 5.75 Å². The van der Waals surface area contributed by atoms with Gasteiger partial charge >= 0.3 is 5.97 Å². The molecule has 21 heavy (non-hydrogen) atoms. The van der Waals surface area contributed by atoms with E-state index in [1.54, 1.807) is 7.05 Å². The van der Waals surface area contributed by atoms with Crippen molar-refractivity contribution in [2.75, 3.05) is 20.2 Å². The molecule has 0 heterocycles. The fourth-order valence-corrected chi connectivity index (χ4v) is 1.80. The number of carboxylic acid groups (broad SMARTS) is 1. The van der Waals surface area contributed by atoms with Gasteiger partial charge in [0.05, 0.1) is 0 Å². The number of carbonyl (C=O) groups is 2. The van der Waals surface area contributed by atoms with Gasteiger partial charge in [0.15, 0.2) is 6.61 Å². The molecule has 0 unspecified atom stereocenters. The summed E-state index contributed by atoms with van der Waals surface area (Å²) in [6.45, 7) is 4.61. The van der Waals surface area contributed by atoms with E-state index in [9.17, 15) is 9.59 Å². The van der Waals surface area contributed by atoms with E-state index in [2.05, 4.69) is 13.8 Å². The lowest BCUT2D eigenvalue weighted by Crippen LogP contribution is -2.32.